The summed E-state index contributed by atoms with van der Waals surface area (Å²) in [5.41, 5.74) is 1.11. The number of nitrogens with zero attached hydrogens (tertiary/aromatic N) is 2. The van der Waals surface area contributed by atoms with Gasteiger partial charge in [-0.3, -0.25) is 4.99 Å². The van der Waals surface area contributed by atoms with Crippen LogP contribution >= 0.6 is 45.3 Å². The first-order chi connectivity index (χ1) is 10.1. The summed E-state index contributed by atoms with van der Waals surface area (Å²) in [6.07, 6.45) is 1.02. The van der Waals surface area contributed by atoms with Crippen molar-refractivity contribution in [1.29, 1.82) is 0 Å². The quantitative estimate of drug-likeness (QED) is 0.431. The van der Waals surface area contributed by atoms with E-state index in [1.54, 1.807) is 18.4 Å². The molecule has 2 aromatic rings. The summed E-state index contributed by atoms with van der Waals surface area (Å²) in [7, 11) is 1.80. The fourth-order valence-electron chi connectivity index (χ4n) is 1.91. The van der Waals surface area contributed by atoms with Gasteiger partial charge in [0.1, 0.15) is 0 Å². The summed E-state index contributed by atoms with van der Waals surface area (Å²) < 4.78 is 1.33. The van der Waals surface area contributed by atoms with Crippen LogP contribution in [0.5, 0.6) is 0 Å². The fourth-order valence-corrected chi connectivity index (χ4v) is 4.54. The first kappa shape index (κ1) is 16.7. The molecule has 0 bridgehead atoms. The lowest BCUT2D eigenvalue weighted by atomic mass is 10.3. The highest BCUT2D eigenvalue weighted by molar-refractivity contribution is 14.1. The van der Waals surface area contributed by atoms with Crippen LogP contribution in [-0.2, 0) is 13.0 Å². The van der Waals surface area contributed by atoms with Gasteiger partial charge >= 0.3 is 0 Å². The summed E-state index contributed by atoms with van der Waals surface area (Å²) >= 11 is 5.93. The molecule has 0 spiro atoms. The zero-order valence-electron chi connectivity index (χ0n) is 12.4. The maximum absolute atomic E-state index is 4.44. The summed E-state index contributed by atoms with van der Waals surface area (Å²) in [5.74, 6) is 0.840. The molecule has 21 heavy (non-hydrogen) atoms. The van der Waals surface area contributed by atoms with Crippen molar-refractivity contribution < 1.29 is 0 Å². The predicted molar refractivity (Wildman–Crippen MR) is 101 cm³/mol. The predicted octanol–water partition coefficient (Wildman–Crippen LogP) is 3.33. The molecule has 2 heterocycles. The maximum Gasteiger partial charge on any atom is 0.191 e. The van der Waals surface area contributed by atoms with Crippen molar-refractivity contribution in [3.8, 4) is 0 Å². The number of nitrogens with one attached hydrogen (secondary N) is 2. The number of hydrogen-bond acceptors (Lipinski definition) is 4. The Morgan fingerprint density at radius 3 is 2.67 bits per heavy atom. The van der Waals surface area contributed by atoms with Crippen molar-refractivity contribution in [3.63, 3.8) is 0 Å². The summed E-state index contributed by atoms with van der Waals surface area (Å²) in [4.78, 5) is 11.4. The lowest BCUT2D eigenvalue weighted by Crippen LogP contribution is -2.37. The van der Waals surface area contributed by atoms with Crippen LogP contribution in [0.4, 0.5) is 0 Å². The molecule has 0 aliphatic carbocycles. The van der Waals surface area contributed by atoms with E-state index < -0.39 is 0 Å². The number of aromatic nitrogens is 1. The minimum absolute atomic E-state index is 0.772. The number of thiazole rings is 1. The van der Waals surface area contributed by atoms with Crippen molar-refractivity contribution in [3.05, 3.63) is 35.5 Å². The van der Waals surface area contributed by atoms with E-state index in [9.17, 15) is 0 Å². The van der Waals surface area contributed by atoms with Gasteiger partial charge in [-0.1, -0.05) is 0 Å². The van der Waals surface area contributed by atoms with Gasteiger partial charge in [-0.2, -0.15) is 0 Å². The fraction of sp³-hybridized carbons (Fsp3) is 0.429. The van der Waals surface area contributed by atoms with Crippen LogP contribution < -0.4 is 10.6 Å². The number of halogens is 1. The largest absolute Gasteiger partial charge is 0.356 e. The normalized spacial score (nSPS) is 11.7. The first-order valence-corrected chi connectivity index (χ1v) is 9.41. The Balaban J connectivity index is 1.77. The molecule has 0 radical (unpaired) electrons. The molecule has 0 aliphatic rings. The van der Waals surface area contributed by atoms with Crippen molar-refractivity contribution in [2.45, 2.75) is 26.8 Å². The highest BCUT2D eigenvalue weighted by Crippen LogP contribution is 2.18. The van der Waals surface area contributed by atoms with E-state index in [1.807, 2.05) is 18.3 Å². The van der Waals surface area contributed by atoms with Gasteiger partial charge in [0, 0.05) is 23.3 Å². The molecule has 2 N–H and O–H groups in total. The van der Waals surface area contributed by atoms with Crippen molar-refractivity contribution in [1.82, 2.24) is 15.6 Å². The summed E-state index contributed by atoms with van der Waals surface area (Å²) in [6.45, 7) is 5.75. The van der Waals surface area contributed by atoms with Gasteiger partial charge < -0.3 is 10.6 Å². The van der Waals surface area contributed by atoms with Crippen LogP contribution in [0.15, 0.2) is 17.1 Å². The number of hydrogen-bond donors (Lipinski definition) is 2. The second kappa shape index (κ2) is 8.09. The minimum Gasteiger partial charge on any atom is -0.356 e. The van der Waals surface area contributed by atoms with Gasteiger partial charge in [0.15, 0.2) is 5.96 Å². The number of aryl methyl sites for hydroxylation is 2. The van der Waals surface area contributed by atoms with Crippen LogP contribution in [-0.4, -0.2) is 24.5 Å². The second-order valence-corrected chi connectivity index (χ2v) is 8.90. The molecule has 0 aromatic carbocycles. The van der Waals surface area contributed by atoms with Gasteiger partial charge in [0.05, 0.1) is 20.1 Å². The molecule has 0 atom stereocenters. The average molecular weight is 434 g/mol. The monoisotopic (exact) mass is 434 g/mol. The average Bonchev–Trinajstić information content (AvgIpc) is 2.99. The zero-order valence-corrected chi connectivity index (χ0v) is 16.2. The lowest BCUT2D eigenvalue weighted by Gasteiger charge is -2.10. The molecule has 0 unspecified atom stereocenters. The van der Waals surface area contributed by atoms with Crippen molar-refractivity contribution >= 4 is 51.2 Å². The van der Waals surface area contributed by atoms with Gasteiger partial charge in [-0.05, 0) is 55.0 Å². The summed E-state index contributed by atoms with van der Waals surface area (Å²) in [5, 5.41) is 7.80. The van der Waals surface area contributed by atoms with E-state index >= 15 is 0 Å². The highest BCUT2D eigenvalue weighted by atomic mass is 127. The van der Waals surface area contributed by atoms with Crippen LogP contribution in [0.1, 0.15) is 20.5 Å². The SMILES string of the molecule is CN=C(NCCc1ccc(I)s1)NCc1sc(C)nc1C. The maximum atomic E-state index is 4.44. The van der Waals surface area contributed by atoms with Crippen LogP contribution in [0, 0.1) is 16.7 Å². The molecule has 2 rings (SSSR count). The molecular formula is C14H19IN4S2. The number of thiophene rings is 1. The number of aliphatic imine (C=N–C) groups is 1. The van der Waals surface area contributed by atoms with Crippen molar-refractivity contribution in [2.75, 3.05) is 13.6 Å². The molecule has 2 aromatic heterocycles. The smallest absolute Gasteiger partial charge is 0.191 e. The number of guanidine groups is 1. The Morgan fingerprint density at radius 2 is 2.10 bits per heavy atom. The molecule has 114 valence electrons. The molecular weight excluding hydrogens is 415 g/mol. The van der Waals surface area contributed by atoms with Crippen LogP contribution in [0.2, 0.25) is 0 Å². The third-order valence-corrected chi connectivity index (χ3v) is 5.96. The lowest BCUT2D eigenvalue weighted by molar-refractivity contribution is 0.801. The van der Waals surface area contributed by atoms with Gasteiger partial charge in [-0.15, -0.1) is 22.7 Å². The second-order valence-electron chi connectivity index (χ2n) is 4.55. The third-order valence-electron chi connectivity index (χ3n) is 2.93. The van der Waals surface area contributed by atoms with E-state index in [0.29, 0.717) is 0 Å². The van der Waals surface area contributed by atoms with E-state index in [0.717, 1.165) is 36.2 Å². The molecule has 4 nitrogen and oxygen atoms in total. The standard InChI is InChI=1S/C14H19IN4S2/c1-9-12(20-10(2)19-9)8-18-14(16-3)17-7-6-11-4-5-13(15)21-11/h4-5H,6-8H2,1-3H3,(H2,16,17,18). The summed E-state index contributed by atoms with van der Waals surface area (Å²) in [6, 6.07) is 4.34. The van der Waals surface area contributed by atoms with Crippen molar-refractivity contribution in [2.24, 2.45) is 4.99 Å². The Morgan fingerprint density at radius 1 is 1.29 bits per heavy atom. The topological polar surface area (TPSA) is 49.3 Å². The van der Waals surface area contributed by atoms with E-state index in [4.69, 9.17) is 0 Å². The van der Waals surface area contributed by atoms with Crippen LogP contribution in [0.3, 0.4) is 0 Å². The van der Waals surface area contributed by atoms with Gasteiger partial charge in [0.2, 0.25) is 0 Å². The van der Waals surface area contributed by atoms with Gasteiger partial charge in [-0.25, -0.2) is 4.98 Å². The van der Waals surface area contributed by atoms with Gasteiger partial charge in [0.25, 0.3) is 0 Å². The molecule has 0 amide bonds. The molecule has 0 saturated carbocycles. The van der Waals surface area contributed by atoms with E-state index in [1.165, 1.54) is 12.6 Å². The minimum atomic E-state index is 0.772. The molecule has 7 heteroatoms. The Kier molecular flexibility index (Phi) is 6.43. The Labute approximate surface area is 147 Å². The van der Waals surface area contributed by atoms with Crippen LogP contribution in [0.25, 0.3) is 0 Å². The number of rotatable bonds is 5. The molecule has 0 aliphatic heterocycles. The zero-order chi connectivity index (χ0) is 15.2. The Bertz CT molecular complexity index is 618. The van der Waals surface area contributed by atoms with E-state index in [-0.39, 0.29) is 0 Å². The Hall–Kier alpha value is -0.670. The molecule has 0 saturated heterocycles. The molecule has 0 fully saturated rings. The van der Waals surface area contributed by atoms with E-state index in [2.05, 4.69) is 62.3 Å². The first-order valence-electron chi connectivity index (χ1n) is 6.70. The third kappa shape index (κ3) is 5.23. The highest BCUT2D eigenvalue weighted by Gasteiger charge is 2.06.